The molecule has 0 bridgehead atoms. The third-order valence-corrected chi connectivity index (χ3v) is 6.66. The number of nitrogens with zero attached hydrogens (tertiary/aromatic N) is 2. The van der Waals surface area contributed by atoms with Gasteiger partial charge in [0.05, 0.1) is 21.5 Å². The lowest BCUT2D eigenvalue weighted by Gasteiger charge is -2.15. The molecule has 0 spiro atoms. The Labute approximate surface area is 155 Å². The van der Waals surface area contributed by atoms with Crippen molar-refractivity contribution in [2.24, 2.45) is 5.92 Å². The second-order valence-electron chi connectivity index (χ2n) is 6.74. The first-order valence-electron chi connectivity index (χ1n) is 8.68. The Morgan fingerprint density at radius 1 is 1.40 bits per heavy atom. The number of carbonyl (C=O) groups excluding carboxylic acids is 2. The van der Waals surface area contributed by atoms with E-state index in [0.29, 0.717) is 25.6 Å². The van der Waals surface area contributed by atoms with Crippen molar-refractivity contribution < 1.29 is 9.59 Å². The predicted molar refractivity (Wildman–Crippen MR) is 99.7 cm³/mol. The van der Waals surface area contributed by atoms with Crippen LogP contribution in [0.5, 0.6) is 0 Å². The second-order valence-corrected chi connectivity index (χ2v) is 8.97. The van der Waals surface area contributed by atoms with Crippen molar-refractivity contribution in [1.29, 1.82) is 0 Å². The van der Waals surface area contributed by atoms with Crippen LogP contribution < -0.4 is 5.32 Å². The Bertz CT molecular complexity index is 794. The normalized spacial score (nSPS) is 20.3. The molecule has 1 N–H and O–H groups in total. The number of hydrogen-bond acceptors (Lipinski definition) is 5. The summed E-state index contributed by atoms with van der Waals surface area (Å²) in [7, 11) is 0. The third-order valence-electron chi connectivity index (χ3n) is 4.72. The van der Waals surface area contributed by atoms with Gasteiger partial charge in [-0.15, -0.1) is 22.7 Å². The van der Waals surface area contributed by atoms with Gasteiger partial charge in [-0.1, -0.05) is 0 Å². The monoisotopic (exact) mass is 375 g/mol. The molecule has 3 heterocycles. The van der Waals surface area contributed by atoms with E-state index in [1.54, 1.807) is 22.7 Å². The van der Waals surface area contributed by atoms with Gasteiger partial charge >= 0.3 is 0 Å². The van der Waals surface area contributed by atoms with Crippen molar-refractivity contribution >= 4 is 34.5 Å². The number of aromatic nitrogens is 1. The maximum absolute atomic E-state index is 12.3. The first kappa shape index (κ1) is 16.7. The fraction of sp³-hybridized carbons (Fsp3) is 0.500. The van der Waals surface area contributed by atoms with Crippen LogP contribution in [0.25, 0.3) is 10.6 Å². The van der Waals surface area contributed by atoms with Crippen LogP contribution in [0.1, 0.15) is 29.1 Å². The molecule has 2 aromatic heterocycles. The first-order valence-corrected chi connectivity index (χ1v) is 10.4. The molecule has 2 fully saturated rings. The van der Waals surface area contributed by atoms with Gasteiger partial charge in [-0.25, -0.2) is 4.98 Å². The minimum atomic E-state index is -0.176. The molecule has 1 saturated heterocycles. The van der Waals surface area contributed by atoms with E-state index in [2.05, 4.69) is 27.8 Å². The van der Waals surface area contributed by atoms with Crippen molar-refractivity contribution in [2.75, 3.05) is 13.1 Å². The summed E-state index contributed by atoms with van der Waals surface area (Å²) in [5.74, 6) is -0.0162. The lowest BCUT2D eigenvalue weighted by Crippen LogP contribution is -2.34. The van der Waals surface area contributed by atoms with Crippen LogP contribution in [0.15, 0.2) is 17.5 Å². The van der Waals surface area contributed by atoms with Gasteiger partial charge in [-0.3, -0.25) is 9.59 Å². The Morgan fingerprint density at radius 3 is 2.96 bits per heavy atom. The molecule has 1 aliphatic heterocycles. The molecule has 0 radical (unpaired) electrons. The van der Waals surface area contributed by atoms with Crippen molar-refractivity contribution in [3.8, 4) is 10.6 Å². The highest BCUT2D eigenvalue weighted by Gasteiger charge is 2.41. The van der Waals surface area contributed by atoms with Crippen molar-refractivity contribution in [3.63, 3.8) is 0 Å². The van der Waals surface area contributed by atoms with Gasteiger partial charge in [0.1, 0.15) is 0 Å². The minimum absolute atomic E-state index is 0.0170. The van der Waals surface area contributed by atoms with Gasteiger partial charge < -0.3 is 10.2 Å². The highest BCUT2D eigenvalue weighted by molar-refractivity contribution is 7.16. The largest absolute Gasteiger partial charge is 0.355 e. The van der Waals surface area contributed by atoms with Gasteiger partial charge in [0, 0.05) is 35.8 Å². The molecular formula is C18H21N3O2S2. The molecule has 7 heteroatoms. The molecule has 1 saturated carbocycles. The van der Waals surface area contributed by atoms with Crippen LogP contribution >= 0.6 is 22.7 Å². The number of nitrogens with one attached hydrogen (secondary N) is 1. The summed E-state index contributed by atoms with van der Waals surface area (Å²) >= 11 is 3.38. The zero-order chi connectivity index (χ0) is 17.4. The fourth-order valence-electron chi connectivity index (χ4n) is 3.23. The topological polar surface area (TPSA) is 62.3 Å². The van der Waals surface area contributed by atoms with Crippen molar-refractivity contribution in [2.45, 2.75) is 38.6 Å². The molecular weight excluding hydrogens is 354 g/mol. The van der Waals surface area contributed by atoms with Crippen LogP contribution in [0, 0.1) is 12.8 Å². The summed E-state index contributed by atoms with van der Waals surface area (Å²) in [5, 5.41) is 6.15. The Kier molecular flexibility index (Phi) is 4.60. The number of likely N-dealkylation sites (tertiary alicyclic amines) is 1. The molecule has 132 valence electrons. The minimum Gasteiger partial charge on any atom is -0.355 e. The smallest absolute Gasteiger partial charge is 0.225 e. The quantitative estimate of drug-likeness (QED) is 0.844. The van der Waals surface area contributed by atoms with E-state index in [1.165, 1.54) is 9.75 Å². The molecule has 4 rings (SSSR count). The summed E-state index contributed by atoms with van der Waals surface area (Å²) in [6.45, 7) is 3.22. The van der Waals surface area contributed by atoms with E-state index in [0.717, 1.165) is 30.0 Å². The number of thiazole rings is 1. The molecule has 1 aliphatic carbocycles. The number of amides is 2. The molecule has 5 nitrogen and oxygen atoms in total. The molecule has 0 unspecified atom stereocenters. The van der Waals surface area contributed by atoms with E-state index in [9.17, 15) is 9.59 Å². The van der Waals surface area contributed by atoms with Crippen LogP contribution in [0.3, 0.4) is 0 Å². The number of hydrogen-bond donors (Lipinski definition) is 1. The highest BCUT2D eigenvalue weighted by Crippen LogP contribution is 2.32. The standard InChI is InChI=1S/C18H21N3O2S2/c1-11-20-15(10-24-11)16-5-4-14(25-16)6-7-19-18(23)12-8-17(22)21(9-12)13-2-3-13/h4-5,10,12-13H,2-3,6-9H2,1H3,(H,19,23)/t12-/m1/s1. The summed E-state index contributed by atoms with van der Waals surface area (Å²) < 4.78 is 0. The Balaban J connectivity index is 1.26. The summed E-state index contributed by atoms with van der Waals surface area (Å²) in [5.41, 5.74) is 1.03. The average molecular weight is 376 g/mol. The van der Waals surface area contributed by atoms with Gasteiger partial charge in [-0.05, 0) is 38.3 Å². The SMILES string of the molecule is Cc1nc(-c2ccc(CCNC(=O)[C@@H]3CC(=O)N(C4CC4)C3)s2)cs1. The molecule has 2 amide bonds. The lowest BCUT2D eigenvalue weighted by molar-refractivity contribution is -0.129. The van der Waals surface area contributed by atoms with Gasteiger partial charge in [0.15, 0.2) is 0 Å². The highest BCUT2D eigenvalue weighted by atomic mass is 32.1. The average Bonchev–Trinajstić information content (AvgIpc) is 2.98. The molecule has 1 atom stereocenters. The molecule has 2 aliphatic rings. The van der Waals surface area contributed by atoms with E-state index in [4.69, 9.17) is 0 Å². The van der Waals surface area contributed by atoms with E-state index in [-0.39, 0.29) is 17.7 Å². The summed E-state index contributed by atoms with van der Waals surface area (Å²) in [6.07, 6.45) is 3.37. The summed E-state index contributed by atoms with van der Waals surface area (Å²) in [4.78, 5) is 33.1. The predicted octanol–water partition coefficient (Wildman–Crippen LogP) is 2.85. The van der Waals surface area contributed by atoms with Gasteiger partial charge in [-0.2, -0.15) is 0 Å². The molecule has 25 heavy (non-hydrogen) atoms. The van der Waals surface area contributed by atoms with Gasteiger partial charge in [0.25, 0.3) is 0 Å². The van der Waals surface area contributed by atoms with Gasteiger partial charge in [0.2, 0.25) is 11.8 Å². The second kappa shape index (κ2) is 6.88. The number of thiophene rings is 1. The number of carbonyl (C=O) groups is 2. The Morgan fingerprint density at radius 2 is 2.24 bits per heavy atom. The maximum Gasteiger partial charge on any atom is 0.225 e. The van der Waals surface area contributed by atoms with Crippen LogP contribution in [0.4, 0.5) is 0 Å². The first-order chi connectivity index (χ1) is 12.1. The fourth-order valence-corrected chi connectivity index (χ4v) is 4.88. The third kappa shape index (κ3) is 3.77. The maximum atomic E-state index is 12.3. The number of aryl methyl sites for hydroxylation is 1. The van der Waals surface area contributed by atoms with E-state index in [1.807, 2.05) is 11.8 Å². The van der Waals surface area contributed by atoms with E-state index >= 15 is 0 Å². The zero-order valence-corrected chi connectivity index (χ0v) is 15.8. The van der Waals surface area contributed by atoms with Crippen molar-refractivity contribution in [3.05, 3.63) is 27.4 Å². The lowest BCUT2D eigenvalue weighted by atomic mass is 10.1. The summed E-state index contributed by atoms with van der Waals surface area (Å²) in [6, 6.07) is 4.61. The molecule has 0 aromatic carbocycles. The van der Waals surface area contributed by atoms with Crippen LogP contribution in [-0.2, 0) is 16.0 Å². The molecule has 2 aromatic rings. The van der Waals surface area contributed by atoms with Crippen LogP contribution in [-0.4, -0.2) is 40.8 Å². The van der Waals surface area contributed by atoms with Crippen molar-refractivity contribution in [1.82, 2.24) is 15.2 Å². The zero-order valence-electron chi connectivity index (χ0n) is 14.2. The number of rotatable bonds is 6. The Hall–Kier alpha value is -1.73. The van der Waals surface area contributed by atoms with Crippen LogP contribution in [0.2, 0.25) is 0 Å². The van der Waals surface area contributed by atoms with E-state index < -0.39 is 0 Å².